The van der Waals surface area contributed by atoms with Crippen molar-refractivity contribution in [2.24, 2.45) is 5.92 Å². The molecule has 1 fully saturated rings. The van der Waals surface area contributed by atoms with E-state index in [0.29, 0.717) is 6.54 Å². The summed E-state index contributed by atoms with van der Waals surface area (Å²) in [6, 6.07) is 17.8. The molecule has 0 N–H and O–H groups in total. The summed E-state index contributed by atoms with van der Waals surface area (Å²) in [5, 5.41) is 0. The molecule has 2 aromatic carbocycles. The van der Waals surface area contributed by atoms with E-state index >= 15 is 0 Å². The van der Waals surface area contributed by atoms with Gasteiger partial charge >= 0.3 is 0 Å². The lowest BCUT2D eigenvalue weighted by Gasteiger charge is -2.20. The SMILES string of the molecule is O=C1CC(CS(=O)(=O)Cl)CN1c1ccccc1Cc1ccccc1. The zero-order valence-electron chi connectivity index (χ0n) is 13.1. The van der Waals surface area contributed by atoms with Gasteiger partial charge < -0.3 is 4.90 Å². The van der Waals surface area contributed by atoms with Gasteiger partial charge in [-0.2, -0.15) is 0 Å². The lowest BCUT2D eigenvalue weighted by Crippen LogP contribution is -2.26. The van der Waals surface area contributed by atoms with Gasteiger partial charge in [0.2, 0.25) is 15.0 Å². The Morgan fingerprint density at radius 3 is 2.42 bits per heavy atom. The largest absolute Gasteiger partial charge is 0.312 e. The number of benzene rings is 2. The van der Waals surface area contributed by atoms with Crippen molar-refractivity contribution in [1.82, 2.24) is 0 Å². The first-order chi connectivity index (χ1) is 11.4. The van der Waals surface area contributed by atoms with Crippen LogP contribution in [0.25, 0.3) is 0 Å². The number of anilines is 1. The van der Waals surface area contributed by atoms with E-state index in [1.165, 1.54) is 0 Å². The number of amides is 1. The van der Waals surface area contributed by atoms with Crippen LogP contribution in [0.5, 0.6) is 0 Å². The van der Waals surface area contributed by atoms with E-state index in [9.17, 15) is 13.2 Å². The van der Waals surface area contributed by atoms with Crippen molar-refractivity contribution in [2.45, 2.75) is 12.8 Å². The quantitative estimate of drug-likeness (QED) is 0.766. The summed E-state index contributed by atoms with van der Waals surface area (Å²) in [6.45, 7) is 0.386. The summed E-state index contributed by atoms with van der Waals surface area (Å²) in [5.74, 6) is -0.483. The number of hydrogen-bond acceptors (Lipinski definition) is 3. The molecule has 0 bridgehead atoms. The second kappa shape index (κ2) is 6.95. The summed E-state index contributed by atoms with van der Waals surface area (Å²) in [4.78, 5) is 14.0. The standard InChI is InChI=1S/C18H18ClNO3S/c19-24(22,23)13-15-11-18(21)20(12-15)17-9-5-4-8-16(17)10-14-6-2-1-3-7-14/h1-9,15H,10-13H2. The maximum absolute atomic E-state index is 12.4. The average molecular weight is 364 g/mol. The molecule has 1 unspecified atom stereocenters. The molecular formula is C18H18ClNO3S. The average Bonchev–Trinajstić information content (AvgIpc) is 2.87. The fourth-order valence-corrected chi connectivity index (χ4v) is 4.47. The van der Waals surface area contributed by atoms with Gasteiger partial charge in [0, 0.05) is 35.3 Å². The predicted octanol–water partition coefficient (Wildman–Crippen LogP) is 3.20. The number of hydrogen-bond donors (Lipinski definition) is 0. The molecule has 1 amide bonds. The second-order valence-electron chi connectivity index (χ2n) is 6.07. The number of para-hydroxylation sites is 1. The van der Waals surface area contributed by atoms with Gasteiger partial charge in [-0.15, -0.1) is 0 Å². The summed E-state index contributed by atoms with van der Waals surface area (Å²) in [5.41, 5.74) is 3.06. The summed E-state index contributed by atoms with van der Waals surface area (Å²) in [7, 11) is 1.73. The Morgan fingerprint density at radius 1 is 1.04 bits per heavy atom. The van der Waals surface area contributed by atoms with Crippen LogP contribution in [0.4, 0.5) is 5.69 Å². The van der Waals surface area contributed by atoms with E-state index in [2.05, 4.69) is 0 Å². The topological polar surface area (TPSA) is 54.5 Å². The first-order valence-corrected chi connectivity index (χ1v) is 10.2. The third-order valence-corrected chi connectivity index (χ3v) is 5.41. The maximum Gasteiger partial charge on any atom is 0.232 e. The van der Waals surface area contributed by atoms with Gasteiger partial charge in [-0.05, 0) is 23.6 Å². The number of carbonyl (C=O) groups is 1. The Balaban J connectivity index is 1.83. The van der Waals surface area contributed by atoms with Crippen molar-refractivity contribution in [1.29, 1.82) is 0 Å². The fraction of sp³-hybridized carbons (Fsp3) is 0.278. The number of carbonyl (C=O) groups excluding carboxylic acids is 1. The molecule has 3 rings (SSSR count). The maximum atomic E-state index is 12.4. The monoisotopic (exact) mass is 363 g/mol. The normalized spacial score (nSPS) is 18.1. The molecule has 0 radical (unpaired) electrons. The predicted molar refractivity (Wildman–Crippen MR) is 95.8 cm³/mol. The molecule has 1 aliphatic heterocycles. The number of halogens is 1. The van der Waals surface area contributed by atoms with Crippen LogP contribution in [-0.2, 0) is 20.3 Å². The highest BCUT2D eigenvalue weighted by atomic mass is 35.7. The van der Waals surface area contributed by atoms with Gasteiger partial charge in [0.05, 0.1) is 5.75 Å². The lowest BCUT2D eigenvalue weighted by atomic mass is 10.0. The molecule has 126 valence electrons. The van der Waals surface area contributed by atoms with Crippen LogP contribution in [0.3, 0.4) is 0 Å². The van der Waals surface area contributed by atoms with Crippen LogP contribution in [0, 0.1) is 5.92 Å². The molecule has 1 saturated heterocycles. The molecule has 1 atom stereocenters. The van der Waals surface area contributed by atoms with Crippen LogP contribution in [-0.4, -0.2) is 26.6 Å². The molecule has 0 saturated carbocycles. The lowest BCUT2D eigenvalue weighted by molar-refractivity contribution is -0.117. The van der Waals surface area contributed by atoms with E-state index in [-0.39, 0.29) is 24.0 Å². The molecule has 24 heavy (non-hydrogen) atoms. The Labute approximate surface area is 146 Å². The Kier molecular flexibility index (Phi) is 4.92. The summed E-state index contributed by atoms with van der Waals surface area (Å²) >= 11 is 0. The van der Waals surface area contributed by atoms with Crippen LogP contribution < -0.4 is 4.90 Å². The van der Waals surface area contributed by atoms with Gasteiger partial charge in [-0.25, -0.2) is 8.42 Å². The van der Waals surface area contributed by atoms with Crippen molar-refractivity contribution in [2.75, 3.05) is 17.2 Å². The Hall–Kier alpha value is -1.85. The number of nitrogens with zero attached hydrogens (tertiary/aromatic N) is 1. The zero-order valence-corrected chi connectivity index (χ0v) is 14.6. The minimum atomic E-state index is -3.60. The molecule has 1 aliphatic rings. The third-order valence-electron chi connectivity index (χ3n) is 4.16. The fourth-order valence-electron chi connectivity index (χ4n) is 3.15. The highest BCUT2D eigenvalue weighted by molar-refractivity contribution is 8.13. The van der Waals surface area contributed by atoms with Crippen LogP contribution >= 0.6 is 10.7 Å². The molecule has 4 nitrogen and oxygen atoms in total. The molecule has 2 aromatic rings. The van der Waals surface area contributed by atoms with Gasteiger partial charge in [-0.3, -0.25) is 4.79 Å². The van der Waals surface area contributed by atoms with Crippen LogP contribution in [0.15, 0.2) is 54.6 Å². The first kappa shape index (κ1) is 17.0. The minimum absolute atomic E-state index is 0.0548. The highest BCUT2D eigenvalue weighted by Gasteiger charge is 2.33. The van der Waals surface area contributed by atoms with Crippen LogP contribution in [0.2, 0.25) is 0 Å². The highest BCUT2D eigenvalue weighted by Crippen LogP contribution is 2.30. The van der Waals surface area contributed by atoms with Gasteiger partial charge in [0.25, 0.3) is 0 Å². The van der Waals surface area contributed by atoms with Gasteiger partial charge in [0.1, 0.15) is 0 Å². The van der Waals surface area contributed by atoms with Crippen molar-refractivity contribution in [3.05, 3.63) is 65.7 Å². The summed E-state index contributed by atoms with van der Waals surface area (Å²) in [6.07, 6.45) is 0.935. The molecule has 1 heterocycles. The van der Waals surface area contributed by atoms with E-state index in [1.54, 1.807) is 4.90 Å². The van der Waals surface area contributed by atoms with Crippen molar-refractivity contribution < 1.29 is 13.2 Å². The van der Waals surface area contributed by atoms with E-state index in [0.717, 1.165) is 23.2 Å². The van der Waals surface area contributed by atoms with Crippen LogP contribution in [0.1, 0.15) is 17.5 Å². The van der Waals surface area contributed by atoms with Crippen molar-refractivity contribution in [3.8, 4) is 0 Å². The molecule has 6 heteroatoms. The third kappa shape index (κ3) is 4.16. The van der Waals surface area contributed by atoms with E-state index in [1.807, 2.05) is 54.6 Å². The second-order valence-corrected chi connectivity index (χ2v) is 8.89. The van der Waals surface area contributed by atoms with Gasteiger partial charge in [0.15, 0.2) is 0 Å². The molecule has 0 aliphatic carbocycles. The molecule has 0 spiro atoms. The van der Waals surface area contributed by atoms with Gasteiger partial charge in [-0.1, -0.05) is 48.5 Å². The first-order valence-electron chi connectivity index (χ1n) is 7.77. The van der Waals surface area contributed by atoms with E-state index < -0.39 is 9.05 Å². The van der Waals surface area contributed by atoms with Crippen molar-refractivity contribution in [3.63, 3.8) is 0 Å². The Morgan fingerprint density at radius 2 is 1.71 bits per heavy atom. The summed E-state index contributed by atoms with van der Waals surface area (Å²) < 4.78 is 22.6. The Bertz CT molecular complexity index is 836. The zero-order chi connectivity index (χ0) is 17.2. The number of rotatable bonds is 5. The molecular weight excluding hydrogens is 346 g/mol. The smallest absolute Gasteiger partial charge is 0.232 e. The molecule has 0 aromatic heterocycles. The minimum Gasteiger partial charge on any atom is -0.312 e. The van der Waals surface area contributed by atoms with E-state index in [4.69, 9.17) is 10.7 Å². The van der Waals surface area contributed by atoms with Crippen molar-refractivity contribution >= 4 is 31.3 Å².